The zero-order valence-electron chi connectivity index (χ0n) is 18.7. The van der Waals surface area contributed by atoms with Crippen molar-refractivity contribution in [1.29, 1.82) is 0 Å². The first kappa shape index (κ1) is 24.2. The molecule has 4 nitrogen and oxygen atoms in total. The monoisotopic (exact) mass is 484 g/mol. The van der Waals surface area contributed by atoms with Crippen LogP contribution < -0.4 is 10.1 Å². The number of para-hydroxylation sites is 1. The standard InChI is InChI=1S/C27H27ClF2N2O2/c28-21-11-9-19(10-12-21)26(22-5-1-2-6-23(22)29)31-27(33)20-13-15-32(16-14-20)17-18-34-25-8-4-3-7-24(25)30/h1-12,20,26H,13-18H2,(H,31,33)/t26-/m0/s1. The molecule has 1 amide bonds. The van der Waals surface area contributed by atoms with Crippen LogP contribution in [0.25, 0.3) is 0 Å². The number of amides is 1. The molecule has 0 saturated carbocycles. The van der Waals surface area contributed by atoms with Gasteiger partial charge in [-0.2, -0.15) is 0 Å². The molecule has 1 atom stereocenters. The molecule has 1 aliphatic heterocycles. The Morgan fingerprint density at radius 1 is 0.971 bits per heavy atom. The number of piperidine rings is 1. The molecule has 1 N–H and O–H groups in total. The Hall–Kier alpha value is -2.96. The summed E-state index contributed by atoms with van der Waals surface area (Å²) in [5.74, 6) is -0.746. The number of hydrogen-bond acceptors (Lipinski definition) is 3. The number of carbonyl (C=O) groups is 1. The molecular formula is C27H27ClF2N2O2. The van der Waals surface area contributed by atoms with Crippen LogP contribution in [-0.2, 0) is 4.79 Å². The maximum absolute atomic E-state index is 14.6. The van der Waals surface area contributed by atoms with Gasteiger partial charge in [0, 0.05) is 23.0 Å². The molecule has 1 fully saturated rings. The highest BCUT2D eigenvalue weighted by Crippen LogP contribution is 2.27. The van der Waals surface area contributed by atoms with E-state index < -0.39 is 6.04 Å². The largest absolute Gasteiger partial charge is 0.489 e. The zero-order chi connectivity index (χ0) is 23.9. The van der Waals surface area contributed by atoms with E-state index in [1.165, 1.54) is 12.1 Å². The predicted octanol–water partition coefficient (Wildman–Crippen LogP) is 5.61. The number of nitrogens with one attached hydrogen (secondary N) is 1. The molecule has 0 bridgehead atoms. The predicted molar refractivity (Wildman–Crippen MR) is 129 cm³/mol. The van der Waals surface area contributed by atoms with Crippen molar-refractivity contribution >= 4 is 17.5 Å². The van der Waals surface area contributed by atoms with Crippen molar-refractivity contribution in [2.75, 3.05) is 26.2 Å². The molecule has 3 aromatic carbocycles. The van der Waals surface area contributed by atoms with Crippen molar-refractivity contribution in [2.24, 2.45) is 5.92 Å². The first-order valence-corrected chi connectivity index (χ1v) is 11.8. The second-order valence-electron chi connectivity index (χ2n) is 8.41. The van der Waals surface area contributed by atoms with Gasteiger partial charge in [0.05, 0.1) is 6.04 Å². The van der Waals surface area contributed by atoms with Gasteiger partial charge in [-0.3, -0.25) is 9.69 Å². The van der Waals surface area contributed by atoms with Gasteiger partial charge in [-0.15, -0.1) is 0 Å². The third-order valence-electron chi connectivity index (χ3n) is 6.17. The molecular weight excluding hydrogens is 458 g/mol. The SMILES string of the molecule is O=C(N[C@@H](c1ccc(Cl)cc1)c1ccccc1F)C1CCN(CCOc2ccccc2F)CC1. The molecule has 0 unspecified atom stereocenters. The summed E-state index contributed by atoms with van der Waals surface area (Å²) in [7, 11) is 0. The van der Waals surface area contributed by atoms with Crippen LogP contribution in [-0.4, -0.2) is 37.0 Å². The van der Waals surface area contributed by atoms with Crippen molar-refractivity contribution in [3.63, 3.8) is 0 Å². The molecule has 1 saturated heterocycles. The molecule has 0 aromatic heterocycles. The van der Waals surface area contributed by atoms with Gasteiger partial charge < -0.3 is 10.1 Å². The van der Waals surface area contributed by atoms with Gasteiger partial charge in [-0.05, 0) is 61.8 Å². The van der Waals surface area contributed by atoms with E-state index in [0.29, 0.717) is 36.6 Å². The van der Waals surface area contributed by atoms with E-state index >= 15 is 0 Å². The van der Waals surface area contributed by atoms with Crippen LogP contribution in [0.4, 0.5) is 8.78 Å². The highest BCUT2D eigenvalue weighted by atomic mass is 35.5. The minimum Gasteiger partial charge on any atom is -0.489 e. The number of rotatable bonds is 8. The van der Waals surface area contributed by atoms with Gasteiger partial charge in [0.15, 0.2) is 11.6 Å². The normalized spacial score (nSPS) is 15.6. The molecule has 0 radical (unpaired) electrons. The first-order valence-electron chi connectivity index (χ1n) is 11.4. The van der Waals surface area contributed by atoms with Gasteiger partial charge in [0.25, 0.3) is 0 Å². The second kappa shape index (κ2) is 11.4. The third-order valence-corrected chi connectivity index (χ3v) is 6.42. The Kier molecular flexibility index (Phi) is 8.14. The lowest BCUT2D eigenvalue weighted by Gasteiger charge is -2.32. The van der Waals surface area contributed by atoms with Crippen LogP contribution >= 0.6 is 11.6 Å². The van der Waals surface area contributed by atoms with E-state index in [4.69, 9.17) is 16.3 Å². The fraction of sp³-hybridized carbons (Fsp3) is 0.296. The maximum Gasteiger partial charge on any atom is 0.223 e. The minimum absolute atomic E-state index is 0.0922. The van der Waals surface area contributed by atoms with Gasteiger partial charge in [0.2, 0.25) is 5.91 Å². The number of hydrogen-bond donors (Lipinski definition) is 1. The Morgan fingerprint density at radius 2 is 1.62 bits per heavy atom. The molecule has 178 valence electrons. The van der Waals surface area contributed by atoms with Crippen molar-refractivity contribution in [1.82, 2.24) is 10.2 Å². The van der Waals surface area contributed by atoms with E-state index in [1.54, 1.807) is 60.7 Å². The second-order valence-corrected chi connectivity index (χ2v) is 8.85. The summed E-state index contributed by atoms with van der Waals surface area (Å²) in [6.07, 6.45) is 1.38. The fourth-order valence-corrected chi connectivity index (χ4v) is 4.36. The number of ether oxygens (including phenoxy) is 1. The van der Waals surface area contributed by atoms with Crippen LogP contribution in [0.15, 0.2) is 72.8 Å². The van der Waals surface area contributed by atoms with Crippen molar-refractivity contribution < 1.29 is 18.3 Å². The maximum atomic E-state index is 14.6. The van der Waals surface area contributed by atoms with Gasteiger partial charge >= 0.3 is 0 Å². The molecule has 0 aliphatic carbocycles. The molecule has 1 heterocycles. The topological polar surface area (TPSA) is 41.6 Å². The Labute approximate surface area is 203 Å². The number of likely N-dealkylation sites (tertiary alicyclic amines) is 1. The van der Waals surface area contributed by atoms with E-state index in [2.05, 4.69) is 10.2 Å². The van der Waals surface area contributed by atoms with Crippen LogP contribution in [0.5, 0.6) is 5.75 Å². The van der Waals surface area contributed by atoms with E-state index in [1.807, 2.05) is 0 Å². The average molecular weight is 485 g/mol. The van der Waals surface area contributed by atoms with Crippen molar-refractivity contribution in [2.45, 2.75) is 18.9 Å². The Morgan fingerprint density at radius 3 is 2.29 bits per heavy atom. The summed E-state index contributed by atoms with van der Waals surface area (Å²) >= 11 is 6.02. The van der Waals surface area contributed by atoms with Crippen molar-refractivity contribution in [3.05, 3.63) is 101 Å². The fourth-order valence-electron chi connectivity index (χ4n) is 4.23. The third kappa shape index (κ3) is 6.13. The number of halogens is 3. The number of benzene rings is 3. The lowest BCUT2D eigenvalue weighted by molar-refractivity contribution is -0.127. The molecule has 34 heavy (non-hydrogen) atoms. The van der Waals surface area contributed by atoms with E-state index in [0.717, 1.165) is 18.7 Å². The summed E-state index contributed by atoms with van der Waals surface area (Å²) in [6, 6.07) is 19.3. The van der Waals surface area contributed by atoms with Crippen molar-refractivity contribution in [3.8, 4) is 5.75 Å². The molecule has 0 spiro atoms. The van der Waals surface area contributed by atoms with Gasteiger partial charge in [0.1, 0.15) is 12.4 Å². The highest BCUT2D eigenvalue weighted by molar-refractivity contribution is 6.30. The lowest BCUT2D eigenvalue weighted by Crippen LogP contribution is -2.43. The summed E-state index contributed by atoms with van der Waals surface area (Å²) < 4.78 is 33.8. The van der Waals surface area contributed by atoms with Crippen LogP contribution in [0.3, 0.4) is 0 Å². The zero-order valence-corrected chi connectivity index (χ0v) is 19.5. The van der Waals surface area contributed by atoms with Gasteiger partial charge in [-0.1, -0.05) is 54.1 Å². The summed E-state index contributed by atoms with van der Waals surface area (Å²) in [5, 5.41) is 3.64. The molecule has 4 rings (SSSR count). The van der Waals surface area contributed by atoms with Gasteiger partial charge in [-0.25, -0.2) is 8.78 Å². The van der Waals surface area contributed by atoms with Crippen LogP contribution in [0.1, 0.15) is 30.0 Å². The molecule has 7 heteroatoms. The first-order chi connectivity index (χ1) is 16.5. The molecule has 3 aromatic rings. The quantitative estimate of drug-likeness (QED) is 0.451. The summed E-state index contributed by atoms with van der Waals surface area (Å²) in [5.41, 5.74) is 1.19. The minimum atomic E-state index is -0.599. The highest BCUT2D eigenvalue weighted by Gasteiger charge is 2.28. The average Bonchev–Trinajstić information content (AvgIpc) is 2.85. The summed E-state index contributed by atoms with van der Waals surface area (Å²) in [4.78, 5) is 15.3. The molecule has 1 aliphatic rings. The summed E-state index contributed by atoms with van der Waals surface area (Å²) in [6.45, 7) is 2.52. The van der Waals surface area contributed by atoms with Crippen LogP contribution in [0, 0.1) is 17.6 Å². The van der Waals surface area contributed by atoms with E-state index in [9.17, 15) is 13.6 Å². The number of nitrogens with zero attached hydrogens (tertiary/aromatic N) is 1. The van der Waals surface area contributed by atoms with Crippen LogP contribution in [0.2, 0.25) is 5.02 Å². The smallest absolute Gasteiger partial charge is 0.223 e. The Bertz CT molecular complexity index is 1100. The number of carbonyl (C=O) groups excluding carboxylic acids is 1. The lowest BCUT2D eigenvalue weighted by atomic mass is 9.93. The Balaban J connectivity index is 1.33. The van der Waals surface area contributed by atoms with E-state index in [-0.39, 0.29) is 29.2 Å².